The van der Waals surface area contributed by atoms with Gasteiger partial charge >= 0.3 is 0 Å². The minimum atomic E-state index is -0.489. The summed E-state index contributed by atoms with van der Waals surface area (Å²) in [5, 5.41) is 2.55. The number of carbonyl (C=O) groups excluding carboxylic acids is 1. The van der Waals surface area contributed by atoms with Gasteiger partial charge in [-0.05, 0) is 46.3 Å². The summed E-state index contributed by atoms with van der Waals surface area (Å²) >= 11 is 9.81. The van der Waals surface area contributed by atoms with Crippen molar-refractivity contribution < 1.29 is 9.18 Å². The Hall–Kier alpha value is -0.720. The summed E-state index contributed by atoms with van der Waals surface area (Å²) in [5.74, 6) is -0.871. The van der Waals surface area contributed by atoms with E-state index in [1.165, 1.54) is 6.07 Å². The fraction of sp³-hybridized carbons (Fsp3) is 0. The van der Waals surface area contributed by atoms with Crippen molar-refractivity contribution >= 4 is 59.4 Å². The normalized spacial score (nSPS) is 10.3. The number of hydrogen-bond acceptors (Lipinski definition) is 1. The predicted molar refractivity (Wildman–Crippen MR) is 83.9 cm³/mol. The Morgan fingerprint density at radius 2 is 1.68 bits per heavy atom. The monoisotopic (exact) mass is 449 g/mol. The molecule has 0 atom stereocenters. The first kappa shape index (κ1) is 14.7. The average molecular weight is 452 g/mol. The number of rotatable bonds is 2. The molecule has 0 heterocycles. The highest BCUT2D eigenvalue weighted by molar-refractivity contribution is 9.11. The quantitative estimate of drug-likeness (QED) is 0.653. The van der Waals surface area contributed by atoms with Crippen LogP contribution in [0.5, 0.6) is 0 Å². The second-order valence-electron chi connectivity index (χ2n) is 3.71. The molecule has 0 bridgehead atoms. The first-order chi connectivity index (χ1) is 8.97. The van der Waals surface area contributed by atoms with Crippen molar-refractivity contribution in [1.29, 1.82) is 0 Å². The van der Waals surface area contributed by atoms with E-state index >= 15 is 0 Å². The molecule has 2 aromatic rings. The molecule has 0 aromatic heterocycles. The molecule has 2 aromatic carbocycles. The minimum absolute atomic E-state index is 0.128. The van der Waals surface area contributed by atoms with Gasteiger partial charge in [0, 0.05) is 19.0 Å². The van der Waals surface area contributed by atoms with Crippen LogP contribution in [0.4, 0.5) is 10.1 Å². The Morgan fingerprint density at radius 1 is 1.05 bits per heavy atom. The van der Waals surface area contributed by atoms with Crippen LogP contribution in [0.15, 0.2) is 49.8 Å². The van der Waals surface area contributed by atoms with Crippen LogP contribution in [-0.4, -0.2) is 5.91 Å². The Bertz CT molecular complexity index is 605. The van der Waals surface area contributed by atoms with E-state index in [9.17, 15) is 9.18 Å². The van der Waals surface area contributed by atoms with Gasteiger partial charge in [-0.1, -0.05) is 37.9 Å². The Kier molecular flexibility index (Phi) is 4.76. The molecule has 0 spiro atoms. The summed E-state index contributed by atoms with van der Waals surface area (Å²) < 4.78 is 15.6. The second-order valence-corrected chi connectivity index (χ2v) is 6.39. The van der Waals surface area contributed by atoms with Gasteiger partial charge in [-0.3, -0.25) is 4.79 Å². The average Bonchev–Trinajstić information content (AvgIpc) is 2.32. The largest absolute Gasteiger partial charge is 0.319 e. The Labute approximate surface area is 134 Å². The molecule has 2 rings (SSSR count). The van der Waals surface area contributed by atoms with E-state index in [4.69, 9.17) is 0 Å². The third-order valence-corrected chi connectivity index (χ3v) is 3.90. The summed E-state index contributed by atoms with van der Waals surface area (Å²) in [5.41, 5.74) is 0.556. The van der Waals surface area contributed by atoms with E-state index < -0.39 is 5.82 Å². The van der Waals surface area contributed by atoms with E-state index in [0.717, 1.165) is 8.95 Å². The maximum absolute atomic E-state index is 13.6. The SMILES string of the molecule is O=C(Nc1c(F)cccc1Br)c1cc(Br)cc(Br)c1. The summed E-state index contributed by atoms with van der Waals surface area (Å²) in [6, 6.07) is 9.65. The lowest BCUT2D eigenvalue weighted by molar-refractivity contribution is 0.102. The molecule has 0 aliphatic rings. The maximum Gasteiger partial charge on any atom is 0.255 e. The predicted octanol–water partition coefficient (Wildman–Crippen LogP) is 5.37. The molecule has 2 nitrogen and oxygen atoms in total. The number of anilines is 1. The van der Waals surface area contributed by atoms with E-state index in [1.54, 1.807) is 24.3 Å². The second kappa shape index (κ2) is 6.15. The number of hydrogen-bond donors (Lipinski definition) is 1. The van der Waals surface area contributed by atoms with Gasteiger partial charge < -0.3 is 5.32 Å². The fourth-order valence-electron chi connectivity index (χ4n) is 1.49. The van der Waals surface area contributed by atoms with Crippen LogP contribution < -0.4 is 5.32 Å². The Morgan fingerprint density at radius 3 is 2.26 bits per heavy atom. The molecule has 1 N–H and O–H groups in total. The molecular formula is C13H7Br3FNO. The van der Waals surface area contributed by atoms with Crippen LogP contribution in [-0.2, 0) is 0 Å². The number of amides is 1. The summed E-state index contributed by atoms with van der Waals surface area (Å²) in [6.45, 7) is 0. The van der Waals surface area contributed by atoms with E-state index in [1.807, 2.05) is 6.07 Å². The van der Waals surface area contributed by atoms with Crippen molar-refractivity contribution in [3.63, 3.8) is 0 Å². The number of halogens is 4. The van der Waals surface area contributed by atoms with Gasteiger partial charge in [0.15, 0.2) is 0 Å². The number of carbonyl (C=O) groups is 1. The molecule has 98 valence electrons. The van der Waals surface area contributed by atoms with Gasteiger partial charge in [0.2, 0.25) is 0 Å². The van der Waals surface area contributed by atoms with Crippen molar-refractivity contribution in [2.75, 3.05) is 5.32 Å². The third kappa shape index (κ3) is 3.64. The van der Waals surface area contributed by atoms with E-state index in [2.05, 4.69) is 53.1 Å². The molecule has 0 radical (unpaired) electrons. The zero-order valence-electron chi connectivity index (χ0n) is 9.38. The van der Waals surface area contributed by atoms with Gasteiger partial charge in [-0.2, -0.15) is 0 Å². The lowest BCUT2D eigenvalue weighted by Crippen LogP contribution is -2.13. The minimum Gasteiger partial charge on any atom is -0.319 e. The number of nitrogens with one attached hydrogen (secondary N) is 1. The van der Waals surface area contributed by atoms with Gasteiger partial charge in [0.25, 0.3) is 5.91 Å². The topological polar surface area (TPSA) is 29.1 Å². The zero-order chi connectivity index (χ0) is 14.0. The van der Waals surface area contributed by atoms with Gasteiger partial charge in [-0.15, -0.1) is 0 Å². The third-order valence-electron chi connectivity index (χ3n) is 2.33. The van der Waals surface area contributed by atoms with E-state index in [-0.39, 0.29) is 11.6 Å². The van der Waals surface area contributed by atoms with Crippen LogP contribution in [0.1, 0.15) is 10.4 Å². The smallest absolute Gasteiger partial charge is 0.255 e. The van der Waals surface area contributed by atoms with Gasteiger partial charge in [0.05, 0.1) is 5.69 Å². The maximum atomic E-state index is 13.6. The fourth-order valence-corrected chi connectivity index (χ4v) is 3.22. The van der Waals surface area contributed by atoms with Gasteiger partial charge in [0.1, 0.15) is 5.82 Å². The molecule has 19 heavy (non-hydrogen) atoms. The molecule has 0 aliphatic heterocycles. The van der Waals surface area contributed by atoms with Crippen molar-refractivity contribution in [2.24, 2.45) is 0 Å². The van der Waals surface area contributed by atoms with Crippen molar-refractivity contribution in [3.8, 4) is 0 Å². The molecule has 0 saturated heterocycles. The van der Waals surface area contributed by atoms with Crippen LogP contribution in [0.2, 0.25) is 0 Å². The highest BCUT2D eigenvalue weighted by Gasteiger charge is 2.13. The van der Waals surface area contributed by atoms with E-state index in [0.29, 0.717) is 10.0 Å². The highest BCUT2D eigenvalue weighted by Crippen LogP contribution is 2.26. The first-order valence-corrected chi connectivity index (χ1v) is 7.57. The lowest BCUT2D eigenvalue weighted by atomic mass is 10.2. The van der Waals surface area contributed by atoms with Crippen LogP contribution >= 0.6 is 47.8 Å². The van der Waals surface area contributed by atoms with Crippen molar-refractivity contribution in [3.05, 3.63) is 61.2 Å². The standard InChI is InChI=1S/C13H7Br3FNO/c14-8-4-7(5-9(15)6-8)13(19)18-12-10(16)2-1-3-11(12)17/h1-6H,(H,18,19). The number of para-hydroxylation sites is 1. The lowest BCUT2D eigenvalue weighted by Gasteiger charge is -2.09. The Balaban J connectivity index is 2.31. The van der Waals surface area contributed by atoms with Crippen LogP contribution in [0, 0.1) is 5.82 Å². The highest BCUT2D eigenvalue weighted by atomic mass is 79.9. The van der Waals surface area contributed by atoms with Crippen molar-refractivity contribution in [2.45, 2.75) is 0 Å². The zero-order valence-corrected chi connectivity index (χ0v) is 14.1. The van der Waals surface area contributed by atoms with Gasteiger partial charge in [-0.25, -0.2) is 4.39 Å². The van der Waals surface area contributed by atoms with Crippen LogP contribution in [0.3, 0.4) is 0 Å². The molecular weight excluding hydrogens is 445 g/mol. The summed E-state index contributed by atoms with van der Waals surface area (Å²) in [7, 11) is 0. The first-order valence-electron chi connectivity index (χ1n) is 5.19. The molecule has 1 amide bonds. The molecule has 6 heteroatoms. The number of benzene rings is 2. The molecule has 0 saturated carbocycles. The molecule has 0 aliphatic carbocycles. The van der Waals surface area contributed by atoms with Crippen LogP contribution in [0.25, 0.3) is 0 Å². The van der Waals surface area contributed by atoms with Crippen molar-refractivity contribution in [1.82, 2.24) is 0 Å². The molecule has 0 unspecified atom stereocenters. The molecule has 0 fully saturated rings. The summed E-state index contributed by atoms with van der Waals surface area (Å²) in [6.07, 6.45) is 0. The summed E-state index contributed by atoms with van der Waals surface area (Å²) in [4.78, 5) is 12.1.